The SMILES string of the molecule is CN(C)C(N)=NC(N)=NCc1cccc(O)c1O. The van der Waals surface area contributed by atoms with Crippen molar-refractivity contribution in [3.8, 4) is 11.5 Å². The van der Waals surface area contributed by atoms with Crippen LogP contribution in [-0.4, -0.2) is 41.1 Å². The van der Waals surface area contributed by atoms with Crippen LogP contribution in [0, 0.1) is 0 Å². The zero-order valence-electron chi connectivity index (χ0n) is 10.3. The topological polar surface area (TPSA) is 120 Å². The Bertz CT molecular complexity index is 482. The van der Waals surface area contributed by atoms with Gasteiger partial charge in [-0.25, -0.2) is 4.99 Å². The molecule has 1 aromatic rings. The number of phenols is 2. The average Bonchev–Trinajstić information content (AvgIpc) is 2.31. The summed E-state index contributed by atoms with van der Waals surface area (Å²) in [6.07, 6.45) is 0. The lowest BCUT2D eigenvalue weighted by Gasteiger charge is -2.09. The molecule has 0 heterocycles. The van der Waals surface area contributed by atoms with Gasteiger partial charge in [0.15, 0.2) is 17.5 Å². The van der Waals surface area contributed by atoms with E-state index in [1.165, 1.54) is 6.07 Å². The molecule has 0 spiro atoms. The molecule has 1 rings (SSSR count). The lowest BCUT2D eigenvalue weighted by Crippen LogP contribution is -2.32. The molecular formula is C11H17N5O2. The summed E-state index contributed by atoms with van der Waals surface area (Å²) in [4.78, 5) is 9.39. The fourth-order valence-corrected chi connectivity index (χ4v) is 1.12. The molecule has 6 N–H and O–H groups in total. The number of aromatic hydroxyl groups is 2. The summed E-state index contributed by atoms with van der Waals surface area (Å²) in [7, 11) is 3.46. The number of guanidine groups is 2. The highest BCUT2D eigenvalue weighted by atomic mass is 16.3. The van der Waals surface area contributed by atoms with Crippen LogP contribution in [0.15, 0.2) is 28.2 Å². The summed E-state index contributed by atoms with van der Waals surface area (Å²) in [5.74, 6) is -0.170. The Kier molecular flexibility index (Phi) is 4.36. The van der Waals surface area contributed by atoms with Crippen LogP contribution in [0.25, 0.3) is 0 Å². The van der Waals surface area contributed by atoms with Crippen molar-refractivity contribution in [2.75, 3.05) is 14.1 Å². The van der Waals surface area contributed by atoms with Crippen molar-refractivity contribution in [3.05, 3.63) is 23.8 Å². The Labute approximate surface area is 105 Å². The Hall–Kier alpha value is -2.44. The molecule has 0 bridgehead atoms. The van der Waals surface area contributed by atoms with Gasteiger partial charge in [0.25, 0.3) is 0 Å². The molecule has 98 valence electrons. The molecule has 0 fully saturated rings. The van der Waals surface area contributed by atoms with Crippen LogP contribution >= 0.6 is 0 Å². The molecule has 0 unspecified atom stereocenters. The number of para-hydroxylation sites is 1. The second kappa shape index (κ2) is 5.76. The lowest BCUT2D eigenvalue weighted by atomic mass is 10.2. The van der Waals surface area contributed by atoms with Gasteiger partial charge in [-0.2, -0.15) is 4.99 Å². The van der Waals surface area contributed by atoms with E-state index in [1.807, 2.05) is 0 Å². The van der Waals surface area contributed by atoms with Gasteiger partial charge in [0.05, 0.1) is 6.54 Å². The molecule has 1 aromatic carbocycles. The lowest BCUT2D eigenvalue weighted by molar-refractivity contribution is 0.399. The monoisotopic (exact) mass is 251 g/mol. The van der Waals surface area contributed by atoms with E-state index in [0.29, 0.717) is 5.56 Å². The van der Waals surface area contributed by atoms with E-state index in [9.17, 15) is 10.2 Å². The molecule has 0 aliphatic carbocycles. The number of rotatable bonds is 2. The predicted octanol–water partition coefficient (Wildman–Crippen LogP) is -0.211. The fourth-order valence-electron chi connectivity index (χ4n) is 1.12. The maximum atomic E-state index is 9.55. The van der Waals surface area contributed by atoms with E-state index in [4.69, 9.17) is 11.5 Å². The Balaban J connectivity index is 2.81. The first-order valence-corrected chi connectivity index (χ1v) is 5.23. The van der Waals surface area contributed by atoms with Crippen molar-refractivity contribution in [3.63, 3.8) is 0 Å². The van der Waals surface area contributed by atoms with Crippen LogP contribution in [0.1, 0.15) is 5.56 Å². The van der Waals surface area contributed by atoms with E-state index >= 15 is 0 Å². The van der Waals surface area contributed by atoms with Gasteiger partial charge in [0.1, 0.15) is 0 Å². The van der Waals surface area contributed by atoms with E-state index < -0.39 is 0 Å². The fraction of sp³-hybridized carbons (Fsp3) is 0.273. The maximum absolute atomic E-state index is 9.55. The van der Waals surface area contributed by atoms with Crippen molar-refractivity contribution >= 4 is 11.9 Å². The molecule has 0 saturated heterocycles. The van der Waals surface area contributed by atoms with Gasteiger partial charge in [-0.05, 0) is 6.07 Å². The van der Waals surface area contributed by atoms with Crippen LogP contribution in [-0.2, 0) is 6.54 Å². The molecule has 0 atom stereocenters. The highest BCUT2D eigenvalue weighted by Crippen LogP contribution is 2.28. The Morgan fingerprint density at radius 2 is 1.94 bits per heavy atom. The maximum Gasteiger partial charge on any atom is 0.218 e. The molecule has 18 heavy (non-hydrogen) atoms. The molecule has 0 aliphatic heterocycles. The zero-order valence-corrected chi connectivity index (χ0v) is 10.3. The Morgan fingerprint density at radius 1 is 1.28 bits per heavy atom. The van der Waals surface area contributed by atoms with Crippen LogP contribution in [0.2, 0.25) is 0 Å². The van der Waals surface area contributed by atoms with Crippen molar-refractivity contribution in [2.45, 2.75) is 6.54 Å². The van der Waals surface area contributed by atoms with Crippen molar-refractivity contribution in [1.82, 2.24) is 4.90 Å². The van der Waals surface area contributed by atoms with E-state index in [0.717, 1.165) is 0 Å². The highest BCUT2D eigenvalue weighted by molar-refractivity contribution is 5.93. The normalized spacial score (nSPS) is 12.6. The minimum atomic E-state index is -0.210. The van der Waals surface area contributed by atoms with Crippen LogP contribution in [0.5, 0.6) is 11.5 Å². The largest absolute Gasteiger partial charge is 0.504 e. The van der Waals surface area contributed by atoms with E-state index in [-0.39, 0.29) is 30.0 Å². The average molecular weight is 251 g/mol. The van der Waals surface area contributed by atoms with Crippen molar-refractivity contribution < 1.29 is 10.2 Å². The van der Waals surface area contributed by atoms with Crippen LogP contribution in [0.4, 0.5) is 0 Å². The minimum absolute atomic E-state index is 0.00365. The third kappa shape index (κ3) is 3.55. The summed E-state index contributed by atoms with van der Waals surface area (Å²) in [6.45, 7) is 0.107. The zero-order chi connectivity index (χ0) is 13.7. The van der Waals surface area contributed by atoms with Crippen LogP contribution < -0.4 is 11.5 Å². The van der Waals surface area contributed by atoms with Gasteiger partial charge in [-0.3, -0.25) is 0 Å². The molecular weight excluding hydrogens is 234 g/mol. The molecule has 7 heteroatoms. The second-order valence-electron chi connectivity index (χ2n) is 3.82. The number of nitrogens with zero attached hydrogens (tertiary/aromatic N) is 3. The predicted molar refractivity (Wildman–Crippen MR) is 70.4 cm³/mol. The number of aliphatic imine (C=N–C) groups is 2. The van der Waals surface area contributed by atoms with Gasteiger partial charge >= 0.3 is 0 Å². The van der Waals surface area contributed by atoms with Gasteiger partial charge < -0.3 is 26.6 Å². The highest BCUT2D eigenvalue weighted by Gasteiger charge is 2.05. The third-order valence-corrected chi connectivity index (χ3v) is 2.20. The first-order valence-electron chi connectivity index (χ1n) is 5.23. The quantitative estimate of drug-likeness (QED) is 0.329. The molecule has 0 saturated carbocycles. The van der Waals surface area contributed by atoms with Gasteiger partial charge in [-0.15, -0.1) is 0 Å². The summed E-state index contributed by atoms with van der Waals surface area (Å²) < 4.78 is 0. The number of hydrogen-bond acceptors (Lipinski definition) is 3. The summed E-state index contributed by atoms with van der Waals surface area (Å²) in [5, 5.41) is 18.9. The number of nitrogens with two attached hydrogens (primary N) is 2. The summed E-state index contributed by atoms with van der Waals surface area (Å²) in [6, 6.07) is 4.62. The molecule has 0 amide bonds. The summed E-state index contributed by atoms with van der Waals surface area (Å²) >= 11 is 0. The number of hydrogen-bond donors (Lipinski definition) is 4. The van der Waals surface area contributed by atoms with E-state index in [2.05, 4.69) is 9.98 Å². The first-order chi connectivity index (χ1) is 8.41. The van der Waals surface area contributed by atoms with Crippen molar-refractivity contribution in [1.29, 1.82) is 0 Å². The molecule has 0 aromatic heterocycles. The van der Waals surface area contributed by atoms with Gasteiger partial charge in [0.2, 0.25) is 5.96 Å². The number of phenolic OH excluding ortho intramolecular Hbond substituents is 2. The third-order valence-electron chi connectivity index (χ3n) is 2.20. The van der Waals surface area contributed by atoms with E-state index in [1.54, 1.807) is 31.1 Å². The molecule has 7 nitrogen and oxygen atoms in total. The minimum Gasteiger partial charge on any atom is -0.504 e. The van der Waals surface area contributed by atoms with Gasteiger partial charge in [-0.1, -0.05) is 12.1 Å². The van der Waals surface area contributed by atoms with Crippen LogP contribution in [0.3, 0.4) is 0 Å². The standard InChI is InChI=1S/C11H17N5O2/c1-16(2)11(13)15-10(12)14-6-7-4-3-5-8(17)9(7)18/h3-5,17-18H,6H2,1-2H3,(H4,12,13,14,15). The van der Waals surface area contributed by atoms with Gasteiger partial charge in [0, 0.05) is 19.7 Å². The van der Waals surface area contributed by atoms with Crippen molar-refractivity contribution in [2.24, 2.45) is 21.5 Å². The summed E-state index contributed by atoms with van der Waals surface area (Å²) in [5.41, 5.74) is 11.6. The first kappa shape index (κ1) is 13.6. The Morgan fingerprint density at radius 3 is 2.56 bits per heavy atom. The number of benzene rings is 1. The molecule has 0 aliphatic rings. The molecule has 0 radical (unpaired) electrons. The second-order valence-corrected chi connectivity index (χ2v) is 3.82. The smallest absolute Gasteiger partial charge is 0.218 e.